The fourth-order valence-corrected chi connectivity index (χ4v) is 2.51. The Morgan fingerprint density at radius 3 is 2.50 bits per heavy atom. The summed E-state index contributed by atoms with van der Waals surface area (Å²) in [5, 5.41) is 3.50. The summed E-state index contributed by atoms with van der Waals surface area (Å²) in [6.07, 6.45) is 0.990. The van der Waals surface area contributed by atoms with Gasteiger partial charge in [-0.25, -0.2) is 4.98 Å². The zero-order valence-electron chi connectivity index (χ0n) is 11.9. The van der Waals surface area contributed by atoms with E-state index in [9.17, 15) is 0 Å². The van der Waals surface area contributed by atoms with Gasteiger partial charge in [-0.3, -0.25) is 0 Å². The van der Waals surface area contributed by atoms with E-state index in [4.69, 9.17) is 0 Å². The Bertz CT molecular complexity index is 701. The number of nitrogens with zero attached hydrogens (tertiary/aromatic N) is 2. The van der Waals surface area contributed by atoms with Crippen LogP contribution in [0.2, 0.25) is 0 Å². The summed E-state index contributed by atoms with van der Waals surface area (Å²) in [4.78, 5) is 4.65. The second kappa shape index (κ2) is 5.37. The molecule has 3 aromatic rings. The fourth-order valence-electron chi connectivity index (χ4n) is 2.51. The molecule has 0 amide bonds. The summed E-state index contributed by atoms with van der Waals surface area (Å²) in [5.74, 6) is 0.926. The van der Waals surface area contributed by atoms with Crippen LogP contribution in [-0.2, 0) is 13.5 Å². The number of anilines is 1. The maximum absolute atomic E-state index is 4.65. The lowest BCUT2D eigenvalue weighted by Gasteiger charge is -2.14. The predicted octanol–water partition coefficient (Wildman–Crippen LogP) is 3.62. The molecular formula is C17H19N3. The third kappa shape index (κ3) is 2.52. The first kappa shape index (κ1) is 12.7. The Hall–Kier alpha value is -2.29. The molecule has 2 aromatic carbocycles. The van der Waals surface area contributed by atoms with Crippen molar-refractivity contribution in [3.05, 3.63) is 60.2 Å². The van der Waals surface area contributed by atoms with E-state index in [2.05, 4.69) is 52.1 Å². The molecule has 3 heteroatoms. The lowest BCUT2D eigenvalue weighted by Crippen LogP contribution is -2.20. The van der Waals surface area contributed by atoms with Crippen molar-refractivity contribution in [3.8, 4) is 0 Å². The molecule has 1 unspecified atom stereocenters. The van der Waals surface area contributed by atoms with Crippen LogP contribution in [0.15, 0.2) is 54.6 Å². The smallest absolute Gasteiger partial charge is 0.203 e. The molecule has 1 N–H and O–H groups in total. The van der Waals surface area contributed by atoms with Crippen LogP contribution in [0.25, 0.3) is 11.0 Å². The Kier molecular flexibility index (Phi) is 3.42. The lowest BCUT2D eigenvalue weighted by atomic mass is 10.1. The van der Waals surface area contributed by atoms with Crippen molar-refractivity contribution in [1.82, 2.24) is 9.55 Å². The van der Waals surface area contributed by atoms with E-state index in [1.54, 1.807) is 0 Å². The summed E-state index contributed by atoms with van der Waals surface area (Å²) >= 11 is 0. The van der Waals surface area contributed by atoms with Gasteiger partial charge in [0.2, 0.25) is 5.95 Å². The SMILES string of the molecule is CC(Cc1ccccc1)Nc1nc2ccccc2n1C. The summed E-state index contributed by atoms with van der Waals surface area (Å²) in [6, 6.07) is 19.1. The standard InChI is InChI=1S/C17H19N3/c1-13(12-14-8-4-3-5-9-14)18-17-19-15-10-6-7-11-16(15)20(17)2/h3-11,13H,12H2,1-2H3,(H,18,19). The first-order chi connectivity index (χ1) is 9.74. The number of aromatic nitrogens is 2. The number of nitrogens with one attached hydrogen (secondary N) is 1. The van der Waals surface area contributed by atoms with Crippen molar-refractivity contribution in [2.75, 3.05) is 5.32 Å². The highest BCUT2D eigenvalue weighted by atomic mass is 15.2. The minimum absolute atomic E-state index is 0.341. The van der Waals surface area contributed by atoms with Crippen molar-refractivity contribution in [1.29, 1.82) is 0 Å². The van der Waals surface area contributed by atoms with Crippen molar-refractivity contribution >= 4 is 17.0 Å². The highest BCUT2D eigenvalue weighted by Crippen LogP contribution is 2.18. The maximum atomic E-state index is 4.65. The van der Waals surface area contributed by atoms with Gasteiger partial charge in [0.05, 0.1) is 11.0 Å². The van der Waals surface area contributed by atoms with Crippen LogP contribution >= 0.6 is 0 Å². The van der Waals surface area contributed by atoms with Crippen LogP contribution in [0.1, 0.15) is 12.5 Å². The van der Waals surface area contributed by atoms with Crippen molar-refractivity contribution in [2.45, 2.75) is 19.4 Å². The predicted molar refractivity (Wildman–Crippen MR) is 83.9 cm³/mol. The highest BCUT2D eigenvalue weighted by Gasteiger charge is 2.10. The molecule has 1 atom stereocenters. The normalized spacial score (nSPS) is 12.5. The fraction of sp³-hybridized carbons (Fsp3) is 0.235. The second-order valence-corrected chi connectivity index (χ2v) is 5.22. The van der Waals surface area contributed by atoms with E-state index >= 15 is 0 Å². The Labute approximate surface area is 119 Å². The molecule has 0 aliphatic carbocycles. The van der Waals surface area contributed by atoms with Crippen LogP contribution in [0.3, 0.4) is 0 Å². The molecule has 1 aromatic heterocycles. The molecule has 1 heterocycles. The van der Waals surface area contributed by atoms with Gasteiger partial charge in [0.1, 0.15) is 0 Å². The maximum Gasteiger partial charge on any atom is 0.203 e. The molecule has 0 aliphatic rings. The Morgan fingerprint density at radius 2 is 1.75 bits per heavy atom. The summed E-state index contributed by atoms with van der Waals surface area (Å²) in [5.41, 5.74) is 3.53. The van der Waals surface area contributed by atoms with Gasteiger partial charge in [0.15, 0.2) is 0 Å². The van der Waals surface area contributed by atoms with Gasteiger partial charge in [-0.05, 0) is 31.0 Å². The summed E-state index contributed by atoms with van der Waals surface area (Å²) in [7, 11) is 2.05. The van der Waals surface area contributed by atoms with E-state index in [0.29, 0.717) is 6.04 Å². The quantitative estimate of drug-likeness (QED) is 0.781. The molecule has 0 saturated heterocycles. The van der Waals surface area contributed by atoms with Gasteiger partial charge in [0, 0.05) is 13.1 Å². The van der Waals surface area contributed by atoms with Gasteiger partial charge >= 0.3 is 0 Å². The average Bonchev–Trinajstić information content (AvgIpc) is 2.77. The minimum Gasteiger partial charge on any atom is -0.353 e. The van der Waals surface area contributed by atoms with Crippen LogP contribution in [0, 0.1) is 0 Å². The number of imidazole rings is 1. The molecule has 0 saturated carbocycles. The number of para-hydroxylation sites is 2. The Balaban J connectivity index is 1.77. The average molecular weight is 265 g/mol. The van der Waals surface area contributed by atoms with Gasteiger partial charge in [-0.1, -0.05) is 42.5 Å². The van der Waals surface area contributed by atoms with Gasteiger partial charge in [-0.2, -0.15) is 0 Å². The molecule has 0 aliphatic heterocycles. The van der Waals surface area contributed by atoms with Gasteiger partial charge in [0.25, 0.3) is 0 Å². The number of rotatable bonds is 4. The molecular weight excluding hydrogens is 246 g/mol. The first-order valence-corrected chi connectivity index (χ1v) is 6.96. The number of hydrogen-bond donors (Lipinski definition) is 1. The number of benzene rings is 2. The largest absolute Gasteiger partial charge is 0.353 e. The van der Waals surface area contributed by atoms with E-state index < -0.39 is 0 Å². The van der Waals surface area contributed by atoms with Crippen LogP contribution in [0.4, 0.5) is 5.95 Å². The van der Waals surface area contributed by atoms with E-state index in [0.717, 1.165) is 23.4 Å². The molecule has 0 radical (unpaired) electrons. The van der Waals surface area contributed by atoms with Gasteiger partial charge < -0.3 is 9.88 Å². The monoisotopic (exact) mass is 265 g/mol. The lowest BCUT2D eigenvalue weighted by molar-refractivity contribution is 0.765. The Morgan fingerprint density at radius 1 is 1.05 bits per heavy atom. The zero-order valence-corrected chi connectivity index (χ0v) is 11.9. The second-order valence-electron chi connectivity index (χ2n) is 5.22. The molecule has 102 valence electrons. The van der Waals surface area contributed by atoms with E-state index in [-0.39, 0.29) is 0 Å². The van der Waals surface area contributed by atoms with Crippen molar-refractivity contribution in [2.24, 2.45) is 7.05 Å². The highest BCUT2D eigenvalue weighted by molar-refractivity contribution is 5.78. The van der Waals surface area contributed by atoms with Crippen LogP contribution in [0.5, 0.6) is 0 Å². The number of aryl methyl sites for hydroxylation is 1. The summed E-state index contributed by atoms with van der Waals surface area (Å²) < 4.78 is 2.11. The van der Waals surface area contributed by atoms with Crippen molar-refractivity contribution < 1.29 is 0 Å². The summed E-state index contributed by atoms with van der Waals surface area (Å²) in [6.45, 7) is 2.19. The first-order valence-electron chi connectivity index (χ1n) is 6.96. The van der Waals surface area contributed by atoms with E-state index in [1.807, 2.05) is 31.3 Å². The van der Waals surface area contributed by atoms with Crippen molar-refractivity contribution in [3.63, 3.8) is 0 Å². The minimum atomic E-state index is 0.341. The molecule has 0 bridgehead atoms. The van der Waals surface area contributed by atoms with Gasteiger partial charge in [-0.15, -0.1) is 0 Å². The number of fused-ring (bicyclic) bond motifs is 1. The van der Waals surface area contributed by atoms with E-state index in [1.165, 1.54) is 5.56 Å². The molecule has 0 spiro atoms. The number of hydrogen-bond acceptors (Lipinski definition) is 2. The zero-order chi connectivity index (χ0) is 13.9. The third-order valence-electron chi connectivity index (χ3n) is 3.55. The van der Waals surface area contributed by atoms with Crippen LogP contribution < -0.4 is 5.32 Å². The molecule has 3 rings (SSSR count). The molecule has 0 fully saturated rings. The third-order valence-corrected chi connectivity index (χ3v) is 3.55. The molecule has 3 nitrogen and oxygen atoms in total. The molecule has 20 heavy (non-hydrogen) atoms. The topological polar surface area (TPSA) is 29.9 Å². The van der Waals surface area contributed by atoms with Crippen LogP contribution in [-0.4, -0.2) is 15.6 Å².